The molecular formula is C24H27N3O2S. The van der Waals surface area contributed by atoms with Gasteiger partial charge in [-0.1, -0.05) is 48.5 Å². The predicted molar refractivity (Wildman–Crippen MR) is 122 cm³/mol. The summed E-state index contributed by atoms with van der Waals surface area (Å²) >= 11 is 1.67. The number of nitrogens with one attached hydrogen (secondary N) is 1. The number of ether oxygens (including phenoxy) is 1. The molecule has 0 unspecified atom stereocenters. The molecule has 6 heteroatoms. The predicted octanol–water partition coefficient (Wildman–Crippen LogP) is 3.78. The van der Waals surface area contributed by atoms with Gasteiger partial charge in [0.05, 0.1) is 25.4 Å². The van der Waals surface area contributed by atoms with Crippen molar-refractivity contribution in [3.05, 3.63) is 82.6 Å². The number of nitrogens with zero attached hydrogens (tertiary/aromatic N) is 2. The molecular weight excluding hydrogens is 394 g/mol. The van der Waals surface area contributed by atoms with Crippen molar-refractivity contribution in [2.45, 2.75) is 6.04 Å². The maximum absolute atomic E-state index is 12.9. The third kappa shape index (κ3) is 4.83. The average Bonchev–Trinajstić information content (AvgIpc) is 3.33. The Bertz CT molecular complexity index is 938. The Morgan fingerprint density at radius 1 is 1.00 bits per heavy atom. The van der Waals surface area contributed by atoms with Gasteiger partial charge in [-0.2, -0.15) is 0 Å². The zero-order chi connectivity index (χ0) is 20.8. The molecule has 30 heavy (non-hydrogen) atoms. The first-order valence-electron chi connectivity index (χ1n) is 10.2. The lowest BCUT2D eigenvalue weighted by Gasteiger charge is -2.36. The zero-order valence-electron chi connectivity index (χ0n) is 17.2. The molecule has 1 aliphatic rings. The Hall–Kier alpha value is -2.83. The Labute approximate surface area is 181 Å². The van der Waals surface area contributed by atoms with Crippen LogP contribution in [0.15, 0.2) is 72.1 Å². The Balaban J connectivity index is 1.35. The van der Waals surface area contributed by atoms with Gasteiger partial charge in [0.1, 0.15) is 5.75 Å². The molecule has 0 spiro atoms. The maximum Gasteiger partial charge on any atom is 0.234 e. The summed E-state index contributed by atoms with van der Waals surface area (Å²) in [5.41, 5.74) is 2.22. The van der Waals surface area contributed by atoms with Crippen LogP contribution < -0.4 is 15.0 Å². The van der Waals surface area contributed by atoms with E-state index in [-0.39, 0.29) is 11.9 Å². The van der Waals surface area contributed by atoms with Gasteiger partial charge >= 0.3 is 0 Å². The number of rotatable bonds is 7. The van der Waals surface area contributed by atoms with Crippen molar-refractivity contribution in [3.8, 4) is 5.75 Å². The van der Waals surface area contributed by atoms with Crippen molar-refractivity contribution in [3.63, 3.8) is 0 Å². The Morgan fingerprint density at radius 3 is 2.43 bits per heavy atom. The third-order valence-electron chi connectivity index (χ3n) is 5.43. The highest BCUT2D eigenvalue weighted by atomic mass is 32.1. The van der Waals surface area contributed by atoms with Crippen molar-refractivity contribution < 1.29 is 9.53 Å². The number of hydrogen-bond donors (Lipinski definition) is 1. The number of anilines is 1. The first-order chi connectivity index (χ1) is 14.7. The molecule has 1 amide bonds. The summed E-state index contributed by atoms with van der Waals surface area (Å²) in [6.07, 6.45) is 0. The van der Waals surface area contributed by atoms with Gasteiger partial charge in [-0.15, -0.1) is 11.3 Å². The second-order valence-electron chi connectivity index (χ2n) is 7.36. The van der Waals surface area contributed by atoms with Crippen LogP contribution in [0.1, 0.15) is 16.5 Å². The number of para-hydroxylation sites is 2. The molecule has 4 rings (SSSR count). The number of benzene rings is 2. The molecule has 156 valence electrons. The fourth-order valence-corrected chi connectivity index (χ4v) is 4.67. The summed E-state index contributed by atoms with van der Waals surface area (Å²) in [6, 6.07) is 22.3. The molecule has 2 aromatic carbocycles. The van der Waals surface area contributed by atoms with E-state index in [1.54, 1.807) is 18.4 Å². The number of carbonyl (C=O) groups is 1. The SMILES string of the molecule is COc1ccccc1N1CCN(CC(=O)N[C@@H](c2ccccc2)c2cccs2)CC1. The van der Waals surface area contributed by atoms with E-state index in [0.29, 0.717) is 6.54 Å². The second-order valence-corrected chi connectivity index (χ2v) is 8.34. The normalized spacial score (nSPS) is 15.6. The highest BCUT2D eigenvalue weighted by molar-refractivity contribution is 7.10. The fraction of sp³-hybridized carbons (Fsp3) is 0.292. The molecule has 5 nitrogen and oxygen atoms in total. The summed E-state index contributed by atoms with van der Waals surface area (Å²) in [6.45, 7) is 3.86. The van der Waals surface area contributed by atoms with Crippen molar-refractivity contribution in [2.24, 2.45) is 0 Å². The fourth-order valence-electron chi connectivity index (χ4n) is 3.87. The standard InChI is InChI=1S/C24H27N3O2S/c1-29-21-11-6-5-10-20(21)27-15-13-26(14-16-27)18-23(28)25-24(22-12-7-17-30-22)19-8-3-2-4-9-19/h2-12,17,24H,13-16,18H2,1H3,(H,25,28)/t24-/m0/s1. The number of hydrogen-bond acceptors (Lipinski definition) is 5. The van der Waals surface area contributed by atoms with Crippen LogP contribution in [0.3, 0.4) is 0 Å². The van der Waals surface area contributed by atoms with Crippen LogP contribution in [0.25, 0.3) is 0 Å². The van der Waals surface area contributed by atoms with Gasteiger partial charge in [-0.05, 0) is 29.1 Å². The first-order valence-corrected chi connectivity index (χ1v) is 11.1. The Kier molecular flexibility index (Phi) is 6.67. The van der Waals surface area contributed by atoms with E-state index in [2.05, 4.69) is 44.8 Å². The van der Waals surface area contributed by atoms with Crippen LogP contribution in [0.5, 0.6) is 5.75 Å². The zero-order valence-corrected chi connectivity index (χ0v) is 18.0. The van der Waals surface area contributed by atoms with E-state index < -0.39 is 0 Å². The minimum atomic E-state index is -0.103. The highest BCUT2D eigenvalue weighted by Crippen LogP contribution is 2.28. The molecule has 0 radical (unpaired) electrons. The maximum atomic E-state index is 12.9. The average molecular weight is 422 g/mol. The highest BCUT2D eigenvalue weighted by Gasteiger charge is 2.23. The number of piperazine rings is 1. The van der Waals surface area contributed by atoms with Crippen molar-refractivity contribution in [2.75, 3.05) is 44.7 Å². The van der Waals surface area contributed by atoms with Crippen LogP contribution >= 0.6 is 11.3 Å². The van der Waals surface area contributed by atoms with Crippen LogP contribution in [-0.4, -0.2) is 50.6 Å². The summed E-state index contributed by atoms with van der Waals surface area (Å²) in [5, 5.41) is 5.29. The minimum absolute atomic E-state index is 0.0583. The molecule has 1 aliphatic heterocycles. The van der Waals surface area contributed by atoms with Crippen LogP contribution in [0, 0.1) is 0 Å². The van der Waals surface area contributed by atoms with Gasteiger partial charge in [0.25, 0.3) is 0 Å². The van der Waals surface area contributed by atoms with Gasteiger partial charge in [0.2, 0.25) is 5.91 Å². The molecule has 1 fully saturated rings. The van der Waals surface area contributed by atoms with Crippen LogP contribution in [0.2, 0.25) is 0 Å². The number of thiophene rings is 1. The summed E-state index contributed by atoms with van der Waals surface area (Å²) in [5.74, 6) is 0.952. The lowest BCUT2D eigenvalue weighted by atomic mass is 10.1. The minimum Gasteiger partial charge on any atom is -0.495 e. The lowest BCUT2D eigenvalue weighted by Crippen LogP contribution is -2.50. The van der Waals surface area contributed by atoms with Crippen LogP contribution in [0.4, 0.5) is 5.69 Å². The number of amides is 1. The van der Waals surface area contributed by atoms with Crippen molar-refractivity contribution in [1.82, 2.24) is 10.2 Å². The second kappa shape index (κ2) is 9.78. The molecule has 0 bridgehead atoms. The molecule has 1 atom stereocenters. The van der Waals surface area contributed by atoms with E-state index >= 15 is 0 Å². The van der Waals surface area contributed by atoms with Gasteiger partial charge < -0.3 is 15.0 Å². The first kappa shape index (κ1) is 20.4. The van der Waals surface area contributed by atoms with Gasteiger partial charge in [-0.25, -0.2) is 0 Å². The molecule has 0 saturated carbocycles. The van der Waals surface area contributed by atoms with E-state index in [1.807, 2.05) is 42.5 Å². The molecule has 1 N–H and O–H groups in total. The monoisotopic (exact) mass is 421 g/mol. The molecule has 3 aromatic rings. The van der Waals surface area contributed by atoms with Crippen molar-refractivity contribution in [1.29, 1.82) is 0 Å². The van der Waals surface area contributed by atoms with Gasteiger partial charge in [-0.3, -0.25) is 9.69 Å². The van der Waals surface area contributed by atoms with Crippen LogP contribution in [-0.2, 0) is 4.79 Å². The topological polar surface area (TPSA) is 44.8 Å². The van der Waals surface area contributed by atoms with Gasteiger partial charge in [0.15, 0.2) is 0 Å². The molecule has 1 aromatic heterocycles. The van der Waals surface area contributed by atoms with E-state index in [1.165, 1.54) is 0 Å². The van der Waals surface area contributed by atoms with Crippen molar-refractivity contribution >= 4 is 22.9 Å². The molecule has 1 saturated heterocycles. The third-order valence-corrected chi connectivity index (χ3v) is 6.37. The number of carbonyl (C=O) groups excluding carboxylic acids is 1. The molecule has 0 aliphatic carbocycles. The van der Waals surface area contributed by atoms with Gasteiger partial charge in [0, 0.05) is 31.1 Å². The Morgan fingerprint density at radius 2 is 1.73 bits per heavy atom. The van der Waals surface area contributed by atoms with E-state index in [4.69, 9.17) is 4.74 Å². The quantitative estimate of drug-likeness (QED) is 0.631. The summed E-state index contributed by atoms with van der Waals surface area (Å²) in [4.78, 5) is 18.6. The largest absolute Gasteiger partial charge is 0.495 e. The molecule has 2 heterocycles. The van der Waals surface area contributed by atoms with E-state index in [9.17, 15) is 4.79 Å². The summed E-state index contributed by atoms with van der Waals surface area (Å²) < 4.78 is 5.49. The lowest BCUT2D eigenvalue weighted by molar-refractivity contribution is -0.122. The smallest absolute Gasteiger partial charge is 0.234 e. The number of methoxy groups -OCH3 is 1. The van der Waals surface area contributed by atoms with E-state index in [0.717, 1.165) is 48.1 Å². The summed E-state index contributed by atoms with van der Waals surface area (Å²) in [7, 11) is 1.70.